The molecule has 1 aromatic heterocycles. The van der Waals surface area contributed by atoms with Crippen LogP contribution in [0.3, 0.4) is 0 Å². The lowest BCUT2D eigenvalue weighted by Crippen LogP contribution is -2.46. The molecular formula is C17H21ClF3N5. The number of hydrogen-bond donors (Lipinski definition) is 1. The molecule has 9 heteroatoms. The van der Waals surface area contributed by atoms with Gasteiger partial charge in [0.2, 0.25) is 0 Å². The van der Waals surface area contributed by atoms with E-state index in [0.717, 1.165) is 55.5 Å². The Bertz CT molecular complexity index is 728. The molecule has 2 aromatic rings. The summed E-state index contributed by atoms with van der Waals surface area (Å²) in [6.07, 6.45) is -2.49. The second-order valence-corrected chi connectivity index (χ2v) is 5.92. The van der Waals surface area contributed by atoms with Crippen LogP contribution >= 0.6 is 12.4 Å². The number of halogens is 4. The maximum atomic E-state index is 12.7. The number of piperazine rings is 1. The first-order chi connectivity index (χ1) is 11.9. The molecule has 1 saturated heterocycles. The van der Waals surface area contributed by atoms with Crippen molar-refractivity contribution in [2.75, 3.05) is 48.3 Å². The number of rotatable bonds is 3. The second kappa shape index (κ2) is 7.99. The van der Waals surface area contributed by atoms with Crippen LogP contribution in [0.25, 0.3) is 0 Å². The van der Waals surface area contributed by atoms with Crippen molar-refractivity contribution in [2.24, 2.45) is 0 Å². The van der Waals surface area contributed by atoms with Crippen LogP contribution in [0.2, 0.25) is 0 Å². The first-order valence-electron chi connectivity index (χ1n) is 8.07. The first kappa shape index (κ1) is 20.1. The Kier molecular flexibility index (Phi) is 6.17. The highest BCUT2D eigenvalue weighted by molar-refractivity contribution is 5.85. The van der Waals surface area contributed by atoms with Gasteiger partial charge in [0.1, 0.15) is 5.82 Å². The monoisotopic (exact) mass is 387 g/mol. The highest BCUT2D eigenvalue weighted by Crippen LogP contribution is 2.31. The molecule has 0 amide bonds. The van der Waals surface area contributed by atoms with Crippen molar-refractivity contribution in [1.29, 1.82) is 0 Å². The maximum Gasteiger partial charge on any atom is 0.416 e. The summed E-state index contributed by atoms with van der Waals surface area (Å²) in [5, 5.41) is 3.08. The Morgan fingerprint density at radius 3 is 2.12 bits per heavy atom. The Labute approximate surface area is 156 Å². The average Bonchev–Trinajstić information content (AvgIpc) is 2.61. The Morgan fingerprint density at radius 2 is 1.58 bits per heavy atom. The van der Waals surface area contributed by atoms with Gasteiger partial charge in [0.05, 0.1) is 17.4 Å². The van der Waals surface area contributed by atoms with Crippen molar-refractivity contribution >= 4 is 29.6 Å². The van der Waals surface area contributed by atoms with Gasteiger partial charge in [-0.2, -0.15) is 13.2 Å². The summed E-state index contributed by atoms with van der Waals surface area (Å²) < 4.78 is 38.0. The van der Waals surface area contributed by atoms with Gasteiger partial charge in [0.25, 0.3) is 0 Å². The van der Waals surface area contributed by atoms with Crippen molar-refractivity contribution in [1.82, 2.24) is 9.97 Å². The molecule has 1 aliphatic heterocycles. The van der Waals surface area contributed by atoms with Gasteiger partial charge in [-0.25, -0.2) is 9.97 Å². The fourth-order valence-corrected chi connectivity index (χ4v) is 2.95. The number of aryl methyl sites for hydroxylation is 1. The fraction of sp³-hybridized carbons (Fsp3) is 0.412. The molecule has 0 aliphatic carbocycles. The lowest BCUT2D eigenvalue weighted by atomic mass is 10.1. The molecule has 1 aliphatic rings. The topological polar surface area (TPSA) is 44.3 Å². The molecule has 1 aromatic carbocycles. The molecule has 2 heterocycles. The number of alkyl halides is 3. The molecule has 0 saturated carbocycles. The molecule has 5 nitrogen and oxygen atoms in total. The van der Waals surface area contributed by atoms with Gasteiger partial charge in [-0.15, -0.1) is 12.4 Å². The van der Waals surface area contributed by atoms with Crippen LogP contribution in [0.5, 0.6) is 0 Å². The highest BCUT2D eigenvalue weighted by Gasteiger charge is 2.30. The van der Waals surface area contributed by atoms with Gasteiger partial charge >= 0.3 is 6.18 Å². The number of nitrogens with one attached hydrogen (secondary N) is 1. The Hall–Kier alpha value is -2.22. The number of anilines is 3. The van der Waals surface area contributed by atoms with Crippen molar-refractivity contribution in [2.45, 2.75) is 13.1 Å². The van der Waals surface area contributed by atoms with E-state index >= 15 is 0 Å². The molecule has 0 atom stereocenters. The molecule has 0 bridgehead atoms. The number of hydrogen-bond acceptors (Lipinski definition) is 5. The zero-order chi connectivity index (χ0) is 18.0. The van der Waals surface area contributed by atoms with E-state index in [1.807, 2.05) is 20.2 Å². The van der Waals surface area contributed by atoms with Crippen LogP contribution in [0.15, 0.2) is 30.5 Å². The van der Waals surface area contributed by atoms with Gasteiger partial charge < -0.3 is 15.1 Å². The quantitative estimate of drug-likeness (QED) is 0.871. The summed E-state index contributed by atoms with van der Waals surface area (Å²) in [7, 11) is 1.82. The number of nitrogens with zero attached hydrogens (tertiary/aromatic N) is 4. The molecule has 3 rings (SSSR count). The Morgan fingerprint density at radius 1 is 1.00 bits per heavy atom. The van der Waals surface area contributed by atoms with Crippen LogP contribution in [0.4, 0.5) is 30.4 Å². The maximum absolute atomic E-state index is 12.7. The predicted molar refractivity (Wildman–Crippen MR) is 99.4 cm³/mol. The van der Waals surface area contributed by atoms with Crippen molar-refractivity contribution < 1.29 is 13.2 Å². The molecule has 142 valence electrons. The molecule has 0 spiro atoms. The van der Waals surface area contributed by atoms with Crippen LogP contribution in [0.1, 0.15) is 11.4 Å². The highest BCUT2D eigenvalue weighted by atomic mass is 35.5. The summed E-state index contributed by atoms with van der Waals surface area (Å²) in [4.78, 5) is 12.9. The average molecular weight is 388 g/mol. The summed E-state index contributed by atoms with van der Waals surface area (Å²) in [6, 6.07) is 5.34. The summed E-state index contributed by atoms with van der Waals surface area (Å²) in [5.74, 6) is 1.49. The molecule has 1 N–H and O–H groups in total. The van der Waals surface area contributed by atoms with E-state index < -0.39 is 11.7 Å². The number of benzene rings is 1. The second-order valence-electron chi connectivity index (χ2n) is 5.92. The lowest BCUT2D eigenvalue weighted by Gasteiger charge is -2.37. The minimum absolute atomic E-state index is 0. The summed E-state index contributed by atoms with van der Waals surface area (Å²) >= 11 is 0. The minimum Gasteiger partial charge on any atom is -0.371 e. The third kappa shape index (κ3) is 4.30. The van der Waals surface area contributed by atoms with Crippen LogP contribution in [0, 0.1) is 6.92 Å². The van der Waals surface area contributed by atoms with Crippen molar-refractivity contribution in [3.8, 4) is 0 Å². The molecule has 26 heavy (non-hydrogen) atoms. The van der Waals surface area contributed by atoms with E-state index in [-0.39, 0.29) is 12.4 Å². The van der Waals surface area contributed by atoms with Crippen molar-refractivity contribution in [3.05, 3.63) is 41.9 Å². The summed E-state index contributed by atoms with van der Waals surface area (Å²) in [6.45, 7) is 4.79. The van der Waals surface area contributed by atoms with Crippen LogP contribution in [-0.4, -0.2) is 43.2 Å². The van der Waals surface area contributed by atoms with Crippen molar-refractivity contribution in [3.63, 3.8) is 0 Å². The molecule has 0 radical (unpaired) electrons. The first-order valence-corrected chi connectivity index (χ1v) is 8.07. The molecule has 1 fully saturated rings. The zero-order valence-corrected chi connectivity index (χ0v) is 15.4. The normalized spacial score (nSPS) is 14.8. The SMILES string of the molecule is CNc1nc(C)ncc1N1CCN(c2ccc(C(F)(F)F)cc2)CC1.Cl. The molecular weight excluding hydrogens is 367 g/mol. The zero-order valence-electron chi connectivity index (χ0n) is 14.5. The van der Waals surface area contributed by atoms with E-state index in [9.17, 15) is 13.2 Å². The predicted octanol–water partition coefficient (Wildman–Crippen LogP) is 3.59. The third-order valence-corrected chi connectivity index (χ3v) is 4.31. The van der Waals surface area contributed by atoms with Gasteiger partial charge in [0, 0.05) is 38.9 Å². The van der Waals surface area contributed by atoms with Crippen LogP contribution in [-0.2, 0) is 6.18 Å². The smallest absolute Gasteiger partial charge is 0.371 e. The number of aromatic nitrogens is 2. The van der Waals surface area contributed by atoms with E-state index in [1.165, 1.54) is 12.1 Å². The van der Waals surface area contributed by atoms with E-state index in [1.54, 1.807) is 0 Å². The summed E-state index contributed by atoms with van der Waals surface area (Å²) in [5.41, 5.74) is 1.13. The van der Waals surface area contributed by atoms with Gasteiger partial charge in [0.15, 0.2) is 5.82 Å². The molecule has 0 unspecified atom stereocenters. The standard InChI is InChI=1S/C17H20F3N5.ClH/c1-12-22-11-15(16(21-2)23-12)25-9-7-24(8-10-25)14-5-3-13(4-6-14)17(18,19)20;/h3-6,11H,7-10H2,1-2H3,(H,21,22,23);1H. The fourth-order valence-electron chi connectivity index (χ4n) is 2.95. The minimum atomic E-state index is -4.30. The van der Waals surface area contributed by atoms with Gasteiger partial charge in [-0.3, -0.25) is 0 Å². The third-order valence-electron chi connectivity index (χ3n) is 4.31. The van der Waals surface area contributed by atoms with E-state index in [2.05, 4.69) is 25.1 Å². The Balaban J connectivity index is 0.00000243. The van der Waals surface area contributed by atoms with Crippen LogP contribution < -0.4 is 15.1 Å². The van der Waals surface area contributed by atoms with E-state index in [4.69, 9.17) is 0 Å². The largest absolute Gasteiger partial charge is 0.416 e. The lowest BCUT2D eigenvalue weighted by molar-refractivity contribution is -0.137. The van der Waals surface area contributed by atoms with Gasteiger partial charge in [-0.1, -0.05) is 0 Å². The van der Waals surface area contributed by atoms with Gasteiger partial charge in [-0.05, 0) is 31.2 Å². The van der Waals surface area contributed by atoms with E-state index in [0.29, 0.717) is 5.82 Å².